The summed E-state index contributed by atoms with van der Waals surface area (Å²) >= 11 is 1.33. The van der Waals surface area contributed by atoms with Crippen molar-refractivity contribution < 1.29 is 19.3 Å². The minimum Gasteiger partial charge on any atom is -0.394 e. The van der Waals surface area contributed by atoms with E-state index in [1.54, 1.807) is 11.8 Å². The summed E-state index contributed by atoms with van der Waals surface area (Å²) in [4.78, 5) is 6.12. The van der Waals surface area contributed by atoms with Crippen molar-refractivity contribution in [1.29, 1.82) is 0 Å². The van der Waals surface area contributed by atoms with Crippen LogP contribution in [0.2, 0.25) is 0 Å². The topological polar surface area (TPSA) is 65.3 Å². The van der Waals surface area contributed by atoms with Crippen LogP contribution in [0.25, 0.3) is 0 Å². The van der Waals surface area contributed by atoms with Crippen LogP contribution in [-0.4, -0.2) is 70.3 Å². The third-order valence-corrected chi connectivity index (χ3v) is 4.33. The number of thioether (sulfide) groups is 1. The molecule has 0 spiro atoms. The first-order valence-electron chi connectivity index (χ1n) is 6.22. The molecule has 1 aliphatic rings. The fraction of sp³-hybridized carbons (Fsp3) is 0.917. The smallest absolute Gasteiger partial charge is 0.161 e. The summed E-state index contributed by atoms with van der Waals surface area (Å²) in [6, 6.07) is -0.586. The van der Waals surface area contributed by atoms with Crippen LogP contribution in [0.15, 0.2) is 4.99 Å². The molecule has 0 aliphatic carbocycles. The average molecular weight is 294 g/mol. The molecule has 1 aliphatic heterocycles. The van der Waals surface area contributed by atoms with Gasteiger partial charge in [-0.1, -0.05) is 11.8 Å². The van der Waals surface area contributed by atoms with Crippen LogP contribution in [0.5, 0.6) is 0 Å². The average Bonchev–Trinajstić information content (AvgIpc) is 2.71. The first-order valence-corrected chi connectivity index (χ1v) is 7.10. The van der Waals surface area contributed by atoms with E-state index in [0.29, 0.717) is 5.17 Å². The highest BCUT2D eigenvalue weighted by Gasteiger charge is 2.40. The van der Waals surface area contributed by atoms with Crippen molar-refractivity contribution in [3.8, 4) is 0 Å². The summed E-state index contributed by atoms with van der Waals surface area (Å²) in [5, 5.41) is 19.5. The van der Waals surface area contributed by atoms with Gasteiger partial charge in [-0.2, -0.15) is 0 Å². The molecule has 0 aromatic heterocycles. The van der Waals surface area contributed by atoms with Crippen LogP contribution >= 0.6 is 11.8 Å². The lowest BCUT2D eigenvalue weighted by atomic mass is 10.1. The second-order valence-corrected chi connectivity index (χ2v) is 6.44. The van der Waals surface area contributed by atoms with E-state index in [9.17, 15) is 9.50 Å². The number of ether oxygens (including phenoxy) is 1. The quantitative estimate of drug-likeness (QED) is 0.787. The van der Waals surface area contributed by atoms with Gasteiger partial charge in [0.2, 0.25) is 0 Å². The monoisotopic (exact) mass is 294 g/mol. The van der Waals surface area contributed by atoms with E-state index in [1.165, 1.54) is 25.6 Å². The van der Waals surface area contributed by atoms with Crippen molar-refractivity contribution in [2.24, 2.45) is 4.99 Å². The van der Waals surface area contributed by atoms with E-state index < -0.39 is 36.0 Å². The lowest BCUT2D eigenvalue weighted by Crippen LogP contribution is -2.41. The zero-order valence-electron chi connectivity index (χ0n) is 12.0. The van der Waals surface area contributed by atoms with Crippen molar-refractivity contribution in [3.63, 3.8) is 0 Å². The molecule has 4 unspecified atom stereocenters. The van der Waals surface area contributed by atoms with Crippen molar-refractivity contribution in [1.82, 2.24) is 4.90 Å². The first kappa shape index (κ1) is 16.7. The van der Waals surface area contributed by atoms with Gasteiger partial charge < -0.3 is 19.8 Å². The minimum absolute atomic E-state index is 0.400. The predicted molar refractivity (Wildman–Crippen MR) is 75.1 cm³/mol. The Labute approximate surface area is 117 Å². The molecule has 7 heteroatoms. The van der Waals surface area contributed by atoms with Gasteiger partial charge in [0.15, 0.2) is 5.17 Å². The van der Waals surface area contributed by atoms with Gasteiger partial charge in [0.25, 0.3) is 0 Å². The summed E-state index contributed by atoms with van der Waals surface area (Å²) in [5.74, 6) is 0. The van der Waals surface area contributed by atoms with Gasteiger partial charge in [-0.3, -0.25) is 4.99 Å². The number of amidine groups is 1. The van der Waals surface area contributed by atoms with Crippen LogP contribution in [0, 0.1) is 0 Å². The highest BCUT2D eigenvalue weighted by molar-refractivity contribution is 8.14. The highest BCUT2D eigenvalue weighted by atomic mass is 32.2. The van der Waals surface area contributed by atoms with Crippen LogP contribution in [0.1, 0.15) is 20.8 Å². The van der Waals surface area contributed by atoms with Gasteiger partial charge in [-0.15, -0.1) is 0 Å². The van der Waals surface area contributed by atoms with E-state index in [4.69, 9.17) is 9.84 Å². The fourth-order valence-electron chi connectivity index (χ4n) is 1.46. The van der Waals surface area contributed by atoms with Crippen LogP contribution in [-0.2, 0) is 4.74 Å². The molecule has 0 fully saturated rings. The predicted octanol–water partition coefficient (Wildman–Crippen LogP) is 0.852. The molecular weight excluding hydrogens is 271 g/mol. The van der Waals surface area contributed by atoms with Crippen molar-refractivity contribution in [2.75, 3.05) is 20.7 Å². The third kappa shape index (κ3) is 4.30. The molecule has 2 N–H and O–H groups in total. The summed E-state index contributed by atoms with van der Waals surface area (Å²) in [7, 11) is 3.66. The minimum atomic E-state index is -1.48. The number of rotatable bonds is 5. The Hall–Kier alpha value is -0.370. The summed E-state index contributed by atoms with van der Waals surface area (Å²) < 4.78 is 19.5. The normalized spacial score (nSPS) is 27.1. The van der Waals surface area contributed by atoms with E-state index in [1.807, 2.05) is 14.1 Å². The fourth-order valence-corrected chi connectivity index (χ4v) is 2.67. The Kier molecular flexibility index (Phi) is 5.61. The molecule has 4 atom stereocenters. The summed E-state index contributed by atoms with van der Waals surface area (Å²) in [6.07, 6.45) is -1.64. The Morgan fingerprint density at radius 1 is 1.53 bits per heavy atom. The maximum absolute atomic E-state index is 13.8. The van der Waals surface area contributed by atoms with Gasteiger partial charge in [0.05, 0.1) is 12.7 Å². The number of aliphatic imine (C=N–C) groups is 1. The van der Waals surface area contributed by atoms with Gasteiger partial charge in [-0.05, 0) is 20.8 Å². The number of hydrogen-bond acceptors (Lipinski definition) is 6. The summed E-state index contributed by atoms with van der Waals surface area (Å²) in [6.45, 7) is 4.14. The molecular formula is C12H23FN2O3S. The van der Waals surface area contributed by atoms with Gasteiger partial charge in [0.1, 0.15) is 23.3 Å². The Morgan fingerprint density at radius 3 is 2.53 bits per heavy atom. The number of hydrogen-bond donors (Lipinski definition) is 2. The number of halogens is 1. The number of alkyl halides is 1. The molecule has 1 rings (SSSR count). The zero-order chi connectivity index (χ0) is 14.8. The van der Waals surface area contributed by atoms with Crippen LogP contribution in [0.4, 0.5) is 4.39 Å². The number of aliphatic hydroxyl groups is 2. The van der Waals surface area contributed by atoms with E-state index in [2.05, 4.69) is 4.99 Å². The Morgan fingerprint density at radius 2 is 2.11 bits per heavy atom. The van der Waals surface area contributed by atoms with Crippen molar-refractivity contribution >= 4 is 16.9 Å². The van der Waals surface area contributed by atoms with E-state index in [-0.39, 0.29) is 0 Å². The molecule has 0 aromatic rings. The second kappa shape index (κ2) is 6.39. The largest absolute Gasteiger partial charge is 0.394 e. The lowest BCUT2D eigenvalue weighted by Gasteiger charge is -2.29. The maximum atomic E-state index is 13.8. The standard InChI is InChI=1S/C12H23FN2O3S/c1-7(12(2,3)13)18-10-9(8(17)6-16)14-11(19-10)15(4)5/h7-10,16-17H,6H2,1-5H3. The molecule has 19 heavy (non-hydrogen) atoms. The Balaban J connectivity index is 2.77. The molecule has 0 saturated heterocycles. The molecule has 0 radical (unpaired) electrons. The van der Waals surface area contributed by atoms with Crippen LogP contribution in [0.3, 0.4) is 0 Å². The molecule has 0 amide bonds. The van der Waals surface area contributed by atoms with Crippen molar-refractivity contribution in [2.45, 2.75) is 50.1 Å². The molecule has 0 aromatic carbocycles. The maximum Gasteiger partial charge on any atom is 0.161 e. The highest BCUT2D eigenvalue weighted by Crippen LogP contribution is 2.33. The second-order valence-electron chi connectivity index (χ2n) is 5.38. The number of nitrogens with zero attached hydrogens (tertiary/aromatic N) is 2. The summed E-state index contributed by atoms with van der Waals surface area (Å²) in [5.41, 5.74) is -1.97. The molecule has 1 heterocycles. The van der Waals surface area contributed by atoms with Crippen molar-refractivity contribution in [3.05, 3.63) is 0 Å². The van der Waals surface area contributed by atoms with Crippen LogP contribution < -0.4 is 0 Å². The SMILES string of the molecule is CC(OC1SC(N(C)C)=NC1C(O)CO)C(C)(C)F. The molecule has 0 saturated carbocycles. The lowest BCUT2D eigenvalue weighted by molar-refractivity contribution is -0.0641. The third-order valence-electron chi connectivity index (χ3n) is 3.03. The Bertz CT molecular complexity index is 333. The first-order chi connectivity index (χ1) is 8.66. The number of aliphatic hydroxyl groups excluding tert-OH is 2. The molecule has 5 nitrogen and oxygen atoms in total. The molecule has 0 bridgehead atoms. The van der Waals surface area contributed by atoms with Gasteiger partial charge >= 0.3 is 0 Å². The zero-order valence-corrected chi connectivity index (χ0v) is 12.8. The van der Waals surface area contributed by atoms with E-state index in [0.717, 1.165) is 0 Å². The molecule has 112 valence electrons. The van der Waals surface area contributed by atoms with Gasteiger partial charge in [0, 0.05) is 14.1 Å². The van der Waals surface area contributed by atoms with E-state index >= 15 is 0 Å². The van der Waals surface area contributed by atoms with Gasteiger partial charge in [-0.25, -0.2) is 4.39 Å².